The fourth-order valence-corrected chi connectivity index (χ4v) is 3.22. The van der Waals surface area contributed by atoms with E-state index in [0.29, 0.717) is 24.2 Å². The van der Waals surface area contributed by atoms with Gasteiger partial charge >= 0.3 is 5.69 Å². The number of nitro groups is 1. The van der Waals surface area contributed by atoms with Gasteiger partial charge in [0.2, 0.25) is 5.75 Å². The number of nitro benzene ring substituents is 1. The average molecular weight is 386 g/mol. The molecule has 1 fully saturated rings. The van der Waals surface area contributed by atoms with Crippen LogP contribution in [0.25, 0.3) is 0 Å². The first-order chi connectivity index (χ1) is 12.9. The third-order valence-corrected chi connectivity index (χ3v) is 4.72. The lowest BCUT2D eigenvalue weighted by Gasteiger charge is -2.22. The standard InChI is InChI=1S/C19H16ClN3O4/c20-14-5-8-17(16(11-14)23(25)26)27-15-6-3-13(4-7-15)18(24)22-19(12-21)9-1-2-10-19/h3-8,11H,1-2,9-10H2,(H,22,24). The lowest BCUT2D eigenvalue weighted by molar-refractivity contribution is -0.385. The van der Waals surface area contributed by atoms with Crippen molar-refractivity contribution >= 4 is 23.2 Å². The summed E-state index contributed by atoms with van der Waals surface area (Å²) in [7, 11) is 0. The zero-order valence-corrected chi connectivity index (χ0v) is 15.0. The van der Waals surface area contributed by atoms with E-state index >= 15 is 0 Å². The van der Waals surface area contributed by atoms with Crippen LogP contribution in [-0.4, -0.2) is 16.4 Å². The van der Waals surface area contributed by atoms with Crippen molar-refractivity contribution in [1.29, 1.82) is 5.26 Å². The van der Waals surface area contributed by atoms with E-state index in [2.05, 4.69) is 11.4 Å². The Morgan fingerprint density at radius 2 is 1.89 bits per heavy atom. The number of hydrogen-bond donors (Lipinski definition) is 1. The number of nitrogens with one attached hydrogen (secondary N) is 1. The molecule has 0 bridgehead atoms. The lowest BCUT2D eigenvalue weighted by Crippen LogP contribution is -2.45. The Balaban J connectivity index is 1.74. The fourth-order valence-electron chi connectivity index (χ4n) is 3.05. The van der Waals surface area contributed by atoms with Gasteiger partial charge in [-0.25, -0.2) is 0 Å². The largest absolute Gasteiger partial charge is 0.450 e. The number of carbonyl (C=O) groups excluding carboxylic acids is 1. The normalized spacial score (nSPS) is 15.0. The number of hydrogen-bond acceptors (Lipinski definition) is 5. The summed E-state index contributed by atoms with van der Waals surface area (Å²) in [6.45, 7) is 0. The highest BCUT2D eigenvalue weighted by Gasteiger charge is 2.35. The van der Waals surface area contributed by atoms with Gasteiger partial charge in [0.25, 0.3) is 5.91 Å². The molecule has 0 heterocycles. The summed E-state index contributed by atoms with van der Waals surface area (Å²) in [4.78, 5) is 22.9. The number of benzene rings is 2. The summed E-state index contributed by atoms with van der Waals surface area (Å²) in [6, 6.07) is 12.5. The highest BCUT2D eigenvalue weighted by Crippen LogP contribution is 2.34. The lowest BCUT2D eigenvalue weighted by atomic mass is 9.99. The molecular weight excluding hydrogens is 370 g/mol. The molecule has 3 rings (SSSR count). The summed E-state index contributed by atoms with van der Waals surface area (Å²) < 4.78 is 5.55. The van der Waals surface area contributed by atoms with E-state index in [1.807, 2.05) is 0 Å². The summed E-state index contributed by atoms with van der Waals surface area (Å²) in [5, 5.41) is 23.5. The second-order valence-electron chi connectivity index (χ2n) is 6.35. The van der Waals surface area contributed by atoms with Crippen molar-refractivity contribution in [3.05, 3.63) is 63.2 Å². The van der Waals surface area contributed by atoms with Crippen LogP contribution in [0.5, 0.6) is 11.5 Å². The topological polar surface area (TPSA) is 105 Å². The highest BCUT2D eigenvalue weighted by molar-refractivity contribution is 6.30. The molecule has 0 unspecified atom stereocenters. The molecule has 7 nitrogen and oxygen atoms in total. The third-order valence-electron chi connectivity index (χ3n) is 4.49. The van der Waals surface area contributed by atoms with Crippen LogP contribution in [0.1, 0.15) is 36.0 Å². The molecule has 0 aliphatic heterocycles. The van der Waals surface area contributed by atoms with Gasteiger partial charge in [-0.15, -0.1) is 0 Å². The van der Waals surface area contributed by atoms with Crippen molar-refractivity contribution in [2.45, 2.75) is 31.2 Å². The maximum atomic E-state index is 12.4. The number of ether oxygens (including phenoxy) is 1. The summed E-state index contributed by atoms with van der Waals surface area (Å²) in [6.07, 6.45) is 3.13. The SMILES string of the molecule is N#CC1(NC(=O)c2ccc(Oc3ccc(Cl)cc3[N+](=O)[O-])cc2)CCCC1. The summed E-state index contributed by atoms with van der Waals surface area (Å²) in [5.74, 6) is 0.0614. The Hall–Kier alpha value is -3.11. The zero-order valence-electron chi connectivity index (χ0n) is 14.3. The number of amides is 1. The van der Waals surface area contributed by atoms with Crippen LogP contribution in [0.3, 0.4) is 0 Å². The third kappa shape index (κ3) is 4.18. The van der Waals surface area contributed by atoms with Gasteiger partial charge in [0.1, 0.15) is 11.3 Å². The van der Waals surface area contributed by atoms with E-state index in [0.717, 1.165) is 12.8 Å². The maximum Gasteiger partial charge on any atom is 0.313 e. The van der Waals surface area contributed by atoms with Gasteiger partial charge in [0, 0.05) is 16.7 Å². The minimum absolute atomic E-state index is 0.0518. The van der Waals surface area contributed by atoms with Gasteiger partial charge in [0.15, 0.2) is 0 Å². The van der Waals surface area contributed by atoms with Crippen molar-refractivity contribution in [3.63, 3.8) is 0 Å². The predicted octanol–water partition coefficient (Wildman–Crippen LogP) is 4.61. The molecular formula is C19H16ClN3O4. The van der Waals surface area contributed by atoms with Crippen molar-refractivity contribution in [2.24, 2.45) is 0 Å². The minimum Gasteiger partial charge on any atom is -0.450 e. The van der Waals surface area contributed by atoms with Gasteiger partial charge in [0.05, 0.1) is 11.0 Å². The van der Waals surface area contributed by atoms with Gasteiger partial charge in [-0.3, -0.25) is 14.9 Å². The first kappa shape index (κ1) is 18.7. The van der Waals surface area contributed by atoms with E-state index < -0.39 is 10.5 Å². The van der Waals surface area contributed by atoms with E-state index in [1.54, 1.807) is 24.3 Å². The van der Waals surface area contributed by atoms with Crippen LogP contribution in [-0.2, 0) is 0 Å². The number of halogens is 1. The molecule has 2 aromatic carbocycles. The van der Waals surface area contributed by atoms with Crippen LogP contribution in [0.15, 0.2) is 42.5 Å². The number of nitriles is 1. The molecule has 2 aromatic rings. The van der Waals surface area contributed by atoms with Crippen LogP contribution < -0.4 is 10.1 Å². The number of nitrogens with zero attached hydrogens (tertiary/aromatic N) is 2. The molecule has 0 aromatic heterocycles. The summed E-state index contributed by atoms with van der Waals surface area (Å²) >= 11 is 5.79. The molecule has 0 spiro atoms. The molecule has 1 N–H and O–H groups in total. The molecule has 1 saturated carbocycles. The van der Waals surface area contributed by atoms with E-state index in [-0.39, 0.29) is 22.4 Å². The molecule has 0 saturated heterocycles. The molecule has 1 amide bonds. The molecule has 8 heteroatoms. The zero-order chi connectivity index (χ0) is 19.4. The van der Waals surface area contributed by atoms with Gasteiger partial charge < -0.3 is 10.1 Å². The molecule has 1 aliphatic carbocycles. The minimum atomic E-state index is -0.795. The Bertz CT molecular complexity index is 916. The van der Waals surface area contributed by atoms with Crippen LogP contribution in [0.2, 0.25) is 5.02 Å². The molecule has 0 radical (unpaired) electrons. The molecule has 138 valence electrons. The smallest absolute Gasteiger partial charge is 0.313 e. The molecule has 0 atom stereocenters. The van der Waals surface area contributed by atoms with Crippen molar-refractivity contribution in [2.75, 3.05) is 0 Å². The van der Waals surface area contributed by atoms with E-state index in [4.69, 9.17) is 16.3 Å². The van der Waals surface area contributed by atoms with E-state index in [1.165, 1.54) is 18.2 Å². The highest BCUT2D eigenvalue weighted by atomic mass is 35.5. The molecule has 1 aliphatic rings. The second-order valence-corrected chi connectivity index (χ2v) is 6.79. The predicted molar refractivity (Wildman–Crippen MR) is 98.9 cm³/mol. The van der Waals surface area contributed by atoms with Crippen LogP contribution >= 0.6 is 11.6 Å². The number of rotatable bonds is 5. The fraction of sp³-hybridized carbons (Fsp3) is 0.263. The first-order valence-electron chi connectivity index (χ1n) is 8.38. The van der Waals surface area contributed by atoms with Gasteiger partial charge in [-0.05, 0) is 62.1 Å². The van der Waals surface area contributed by atoms with Crippen LogP contribution in [0, 0.1) is 21.4 Å². The Morgan fingerprint density at radius 3 is 2.48 bits per heavy atom. The second kappa shape index (κ2) is 7.64. The first-order valence-corrected chi connectivity index (χ1v) is 8.76. The van der Waals surface area contributed by atoms with Crippen LogP contribution in [0.4, 0.5) is 5.69 Å². The monoisotopic (exact) mass is 385 g/mol. The van der Waals surface area contributed by atoms with E-state index in [9.17, 15) is 20.2 Å². The number of carbonyl (C=O) groups is 1. The average Bonchev–Trinajstić information content (AvgIpc) is 3.12. The Morgan fingerprint density at radius 1 is 1.22 bits per heavy atom. The quantitative estimate of drug-likeness (QED) is 0.597. The van der Waals surface area contributed by atoms with Crippen molar-refractivity contribution < 1.29 is 14.5 Å². The molecule has 27 heavy (non-hydrogen) atoms. The van der Waals surface area contributed by atoms with Crippen molar-refractivity contribution in [1.82, 2.24) is 5.32 Å². The van der Waals surface area contributed by atoms with Gasteiger partial charge in [-0.2, -0.15) is 5.26 Å². The Kier molecular flexibility index (Phi) is 5.28. The van der Waals surface area contributed by atoms with Crippen molar-refractivity contribution in [3.8, 4) is 17.6 Å². The maximum absolute atomic E-state index is 12.4. The summed E-state index contributed by atoms with van der Waals surface area (Å²) in [5.41, 5.74) is -0.660. The van der Waals surface area contributed by atoms with Gasteiger partial charge in [-0.1, -0.05) is 11.6 Å². The Labute approximate surface area is 160 Å².